The predicted octanol–water partition coefficient (Wildman–Crippen LogP) is -1.70. The summed E-state index contributed by atoms with van der Waals surface area (Å²) in [5.41, 5.74) is -0.647. The molecular formula is C6H10N2O2Si. The van der Waals surface area contributed by atoms with Gasteiger partial charge in [0.05, 0.1) is 9.52 Å². The minimum Gasteiger partial charge on any atom is -0.314 e. The monoisotopic (exact) mass is 170 g/mol. The van der Waals surface area contributed by atoms with E-state index in [0.717, 1.165) is 11.2 Å². The predicted molar refractivity (Wildman–Crippen MR) is 46.3 cm³/mol. The van der Waals surface area contributed by atoms with Crippen LogP contribution >= 0.6 is 0 Å². The summed E-state index contributed by atoms with van der Waals surface area (Å²) in [5.74, 6) is 0. The van der Waals surface area contributed by atoms with Crippen LogP contribution in [0.15, 0.2) is 15.8 Å². The van der Waals surface area contributed by atoms with Gasteiger partial charge in [-0.15, -0.1) is 0 Å². The molecule has 0 aliphatic carbocycles. The Hall–Kier alpha value is -1.10. The van der Waals surface area contributed by atoms with Crippen LogP contribution in [0.1, 0.15) is 6.92 Å². The molecule has 2 N–H and O–H groups in total. The van der Waals surface area contributed by atoms with Crippen molar-refractivity contribution in [2.45, 2.75) is 13.0 Å². The summed E-state index contributed by atoms with van der Waals surface area (Å²) < 4.78 is 0. The number of nitrogens with one attached hydrogen (secondary N) is 2. The van der Waals surface area contributed by atoms with Crippen molar-refractivity contribution in [3.8, 4) is 0 Å². The average Bonchev–Trinajstić information content (AvgIpc) is 1.95. The highest BCUT2D eigenvalue weighted by atomic mass is 28.2. The Labute approximate surface area is 65.5 Å². The first kappa shape index (κ1) is 8.00. The molecular weight excluding hydrogens is 160 g/mol. The molecule has 0 aromatic carbocycles. The summed E-state index contributed by atoms with van der Waals surface area (Å²) >= 11 is 0. The molecule has 0 atom stereocenters. The summed E-state index contributed by atoms with van der Waals surface area (Å²) in [5, 5.41) is 0.770. The van der Waals surface area contributed by atoms with Gasteiger partial charge < -0.3 is 4.98 Å². The zero-order valence-corrected chi connectivity index (χ0v) is 7.72. The lowest BCUT2D eigenvalue weighted by Gasteiger charge is -1.92. The van der Waals surface area contributed by atoms with E-state index in [1.54, 1.807) is 0 Å². The number of H-pyrrole nitrogens is 2. The zero-order valence-electron chi connectivity index (χ0n) is 6.31. The maximum Gasteiger partial charge on any atom is 0.325 e. The van der Waals surface area contributed by atoms with Crippen molar-refractivity contribution in [1.29, 1.82) is 0 Å². The smallest absolute Gasteiger partial charge is 0.314 e. The van der Waals surface area contributed by atoms with Gasteiger partial charge in [-0.05, 0) is 0 Å². The summed E-state index contributed by atoms with van der Waals surface area (Å²) in [6.07, 6.45) is 1.52. The molecule has 4 nitrogen and oxygen atoms in total. The molecule has 0 radical (unpaired) electrons. The maximum atomic E-state index is 11.0. The normalized spacial score (nSPS) is 11.0. The lowest BCUT2D eigenvalue weighted by molar-refractivity contribution is 1.05. The zero-order chi connectivity index (χ0) is 8.27. The van der Waals surface area contributed by atoms with Crippen LogP contribution < -0.4 is 16.4 Å². The lowest BCUT2D eigenvalue weighted by atomic mass is 10.6. The molecule has 0 amide bonds. The van der Waals surface area contributed by atoms with Gasteiger partial charge in [-0.1, -0.05) is 13.0 Å². The SMILES string of the molecule is CC[SiH2]c1c[nH]c(=O)[nH]c1=O. The molecule has 1 heterocycles. The molecule has 0 saturated carbocycles. The van der Waals surface area contributed by atoms with E-state index in [4.69, 9.17) is 0 Å². The van der Waals surface area contributed by atoms with Gasteiger partial charge in [0.15, 0.2) is 0 Å². The Balaban J connectivity index is 3.10. The van der Waals surface area contributed by atoms with Crippen molar-refractivity contribution in [1.82, 2.24) is 9.97 Å². The summed E-state index contributed by atoms with van der Waals surface area (Å²) in [7, 11) is -0.460. The quantitative estimate of drug-likeness (QED) is 0.519. The van der Waals surface area contributed by atoms with Gasteiger partial charge in [0, 0.05) is 11.4 Å². The molecule has 60 valence electrons. The number of aromatic amines is 2. The third kappa shape index (κ3) is 1.91. The van der Waals surface area contributed by atoms with E-state index in [9.17, 15) is 9.59 Å². The van der Waals surface area contributed by atoms with Gasteiger partial charge in [0.25, 0.3) is 5.56 Å². The minimum absolute atomic E-state index is 0.220. The van der Waals surface area contributed by atoms with Crippen LogP contribution in [-0.4, -0.2) is 19.5 Å². The van der Waals surface area contributed by atoms with Gasteiger partial charge in [0.2, 0.25) is 0 Å². The number of rotatable bonds is 2. The average molecular weight is 170 g/mol. The van der Waals surface area contributed by atoms with Crippen LogP contribution in [0, 0.1) is 0 Å². The number of hydrogen-bond acceptors (Lipinski definition) is 2. The number of aromatic nitrogens is 2. The summed E-state index contributed by atoms with van der Waals surface area (Å²) in [4.78, 5) is 26.2. The van der Waals surface area contributed by atoms with Crippen LogP contribution in [0.5, 0.6) is 0 Å². The van der Waals surface area contributed by atoms with E-state index in [-0.39, 0.29) is 5.56 Å². The summed E-state index contributed by atoms with van der Waals surface area (Å²) in [6.45, 7) is 2.04. The van der Waals surface area contributed by atoms with E-state index in [2.05, 4.69) is 9.97 Å². The fourth-order valence-electron chi connectivity index (χ4n) is 0.893. The molecule has 0 fully saturated rings. The molecule has 0 unspecified atom stereocenters. The molecule has 0 saturated heterocycles. The Morgan fingerprint density at radius 3 is 2.82 bits per heavy atom. The third-order valence-corrected chi connectivity index (χ3v) is 2.98. The Bertz CT molecular complexity index is 341. The lowest BCUT2D eigenvalue weighted by Crippen LogP contribution is -2.38. The Morgan fingerprint density at radius 2 is 2.27 bits per heavy atom. The number of hydrogen-bond donors (Lipinski definition) is 2. The molecule has 5 heteroatoms. The fraction of sp³-hybridized carbons (Fsp3) is 0.333. The van der Waals surface area contributed by atoms with Crippen molar-refractivity contribution >= 4 is 14.7 Å². The van der Waals surface area contributed by atoms with Crippen molar-refractivity contribution in [2.75, 3.05) is 0 Å². The molecule has 1 aromatic rings. The molecule has 0 spiro atoms. The van der Waals surface area contributed by atoms with Crippen molar-refractivity contribution in [2.24, 2.45) is 0 Å². The molecule has 1 rings (SSSR count). The Kier molecular flexibility index (Phi) is 2.43. The van der Waals surface area contributed by atoms with Crippen LogP contribution in [0.25, 0.3) is 0 Å². The largest absolute Gasteiger partial charge is 0.325 e. The maximum absolute atomic E-state index is 11.0. The van der Waals surface area contributed by atoms with E-state index in [1.165, 1.54) is 6.20 Å². The van der Waals surface area contributed by atoms with Gasteiger partial charge >= 0.3 is 5.69 Å². The van der Waals surface area contributed by atoms with E-state index in [1.807, 2.05) is 6.92 Å². The van der Waals surface area contributed by atoms with E-state index < -0.39 is 15.2 Å². The highest BCUT2D eigenvalue weighted by Crippen LogP contribution is 1.69. The van der Waals surface area contributed by atoms with E-state index in [0.29, 0.717) is 0 Å². The first-order valence-electron chi connectivity index (χ1n) is 3.55. The van der Waals surface area contributed by atoms with E-state index >= 15 is 0 Å². The van der Waals surface area contributed by atoms with Gasteiger partial charge in [0.1, 0.15) is 0 Å². The highest BCUT2D eigenvalue weighted by Gasteiger charge is 1.97. The second kappa shape index (κ2) is 3.34. The molecule has 0 bridgehead atoms. The Morgan fingerprint density at radius 1 is 1.55 bits per heavy atom. The van der Waals surface area contributed by atoms with Gasteiger partial charge in [-0.2, -0.15) is 0 Å². The second-order valence-electron chi connectivity index (χ2n) is 2.35. The first-order chi connectivity index (χ1) is 5.24. The first-order valence-corrected chi connectivity index (χ1v) is 5.25. The highest BCUT2D eigenvalue weighted by molar-refractivity contribution is 6.52. The standard InChI is InChI=1S/C6H10N2O2Si/c1-2-11-4-3-7-6(10)8-5(4)9/h3H,2,11H2,1H3,(H2,7,8,9,10). The van der Waals surface area contributed by atoms with Crippen molar-refractivity contribution < 1.29 is 0 Å². The molecule has 11 heavy (non-hydrogen) atoms. The van der Waals surface area contributed by atoms with Gasteiger partial charge in [-0.3, -0.25) is 9.78 Å². The fourth-order valence-corrected chi connectivity index (χ4v) is 1.99. The topological polar surface area (TPSA) is 65.7 Å². The molecule has 0 aliphatic rings. The van der Waals surface area contributed by atoms with Crippen LogP contribution in [0.2, 0.25) is 6.04 Å². The molecule has 0 aliphatic heterocycles. The minimum atomic E-state index is -0.460. The van der Waals surface area contributed by atoms with Gasteiger partial charge in [-0.25, -0.2) is 4.79 Å². The van der Waals surface area contributed by atoms with Crippen molar-refractivity contribution in [3.05, 3.63) is 27.0 Å². The summed E-state index contributed by atoms with van der Waals surface area (Å²) in [6, 6.07) is 1.04. The van der Waals surface area contributed by atoms with Crippen LogP contribution in [0.4, 0.5) is 0 Å². The third-order valence-electron chi connectivity index (χ3n) is 1.42. The second-order valence-corrected chi connectivity index (χ2v) is 4.61. The van der Waals surface area contributed by atoms with Crippen molar-refractivity contribution in [3.63, 3.8) is 0 Å². The van der Waals surface area contributed by atoms with Crippen LogP contribution in [-0.2, 0) is 0 Å². The molecule has 1 aromatic heterocycles. The van der Waals surface area contributed by atoms with Crippen LogP contribution in [0.3, 0.4) is 0 Å².